The van der Waals surface area contributed by atoms with E-state index in [0.29, 0.717) is 6.61 Å². The number of aliphatic hydroxyl groups excluding tert-OH is 1. The van der Waals surface area contributed by atoms with Crippen LogP contribution in [0, 0.1) is 0 Å². The van der Waals surface area contributed by atoms with Crippen molar-refractivity contribution in [2.75, 3.05) is 26.8 Å². The van der Waals surface area contributed by atoms with Crippen LogP contribution in [-0.2, 0) is 14.9 Å². The van der Waals surface area contributed by atoms with Gasteiger partial charge in [0.1, 0.15) is 0 Å². The predicted octanol–water partition coefficient (Wildman–Crippen LogP) is -1.56. The lowest BCUT2D eigenvalue weighted by atomic mass is 10.4. The van der Waals surface area contributed by atoms with Crippen LogP contribution < -0.4 is 9.44 Å². The molecule has 0 rings (SSSR count). The van der Waals surface area contributed by atoms with Crippen LogP contribution in [0.5, 0.6) is 0 Å². The summed E-state index contributed by atoms with van der Waals surface area (Å²) in [6.45, 7) is 2.03. The van der Waals surface area contributed by atoms with Gasteiger partial charge in [0.2, 0.25) is 0 Å². The first-order valence-corrected chi connectivity index (χ1v) is 5.37. The number of ether oxygens (including phenoxy) is 1. The van der Waals surface area contributed by atoms with Gasteiger partial charge in [-0.05, 0) is 6.92 Å². The monoisotopic (exact) mass is 212 g/mol. The van der Waals surface area contributed by atoms with E-state index in [4.69, 9.17) is 5.11 Å². The van der Waals surface area contributed by atoms with E-state index in [1.54, 1.807) is 0 Å². The van der Waals surface area contributed by atoms with Gasteiger partial charge in [0, 0.05) is 20.2 Å². The van der Waals surface area contributed by atoms with Crippen LogP contribution in [0.25, 0.3) is 0 Å². The largest absolute Gasteiger partial charge is 0.392 e. The van der Waals surface area contributed by atoms with Gasteiger partial charge in [-0.2, -0.15) is 17.9 Å². The Morgan fingerprint density at radius 3 is 2.54 bits per heavy atom. The zero-order valence-corrected chi connectivity index (χ0v) is 8.60. The first-order chi connectivity index (χ1) is 5.98. The van der Waals surface area contributed by atoms with E-state index in [-0.39, 0.29) is 13.1 Å². The minimum atomic E-state index is -3.49. The van der Waals surface area contributed by atoms with Crippen molar-refractivity contribution in [3.63, 3.8) is 0 Å². The fourth-order valence-corrected chi connectivity index (χ4v) is 1.47. The summed E-state index contributed by atoms with van der Waals surface area (Å²) in [4.78, 5) is 0. The summed E-state index contributed by atoms with van der Waals surface area (Å²) in [5.41, 5.74) is 0. The maximum atomic E-state index is 11.0. The van der Waals surface area contributed by atoms with Crippen molar-refractivity contribution < 1.29 is 18.3 Å². The van der Waals surface area contributed by atoms with E-state index < -0.39 is 16.3 Å². The molecule has 0 radical (unpaired) electrons. The molecule has 0 aliphatic heterocycles. The number of rotatable bonds is 7. The van der Waals surface area contributed by atoms with Crippen LogP contribution in [-0.4, -0.2) is 46.4 Å². The number of hydrogen-bond donors (Lipinski definition) is 3. The third-order valence-electron chi connectivity index (χ3n) is 1.17. The number of methoxy groups -OCH3 is 1. The normalized spacial score (nSPS) is 14.4. The molecule has 6 nitrogen and oxygen atoms in total. The smallest absolute Gasteiger partial charge is 0.277 e. The Morgan fingerprint density at radius 2 is 2.08 bits per heavy atom. The molecule has 3 N–H and O–H groups in total. The van der Waals surface area contributed by atoms with Gasteiger partial charge in [-0.25, -0.2) is 0 Å². The second-order valence-electron chi connectivity index (χ2n) is 2.59. The maximum absolute atomic E-state index is 11.0. The molecule has 0 fully saturated rings. The summed E-state index contributed by atoms with van der Waals surface area (Å²) in [6, 6.07) is 0. The molecule has 13 heavy (non-hydrogen) atoms. The van der Waals surface area contributed by atoms with Crippen LogP contribution in [0.4, 0.5) is 0 Å². The van der Waals surface area contributed by atoms with Crippen molar-refractivity contribution in [3.05, 3.63) is 0 Å². The molecule has 0 saturated carbocycles. The molecule has 0 saturated heterocycles. The molecule has 0 aliphatic carbocycles. The molecule has 0 heterocycles. The highest BCUT2D eigenvalue weighted by Crippen LogP contribution is 1.80. The molecule has 0 aromatic heterocycles. The van der Waals surface area contributed by atoms with Crippen molar-refractivity contribution >= 4 is 10.2 Å². The third kappa shape index (κ3) is 8.13. The van der Waals surface area contributed by atoms with Crippen molar-refractivity contribution in [2.24, 2.45) is 0 Å². The van der Waals surface area contributed by atoms with Gasteiger partial charge in [-0.3, -0.25) is 0 Å². The lowest BCUT2D eigenvalue weighted by Gasteiger charge is -2.08. The van der Waals surface area contributed by atoms with Crippen molar-refractivity contribution in [1.29, 1.82) is 0 Å². The molecule has 0 unspecified atom stereocenters. The fraction of sp³-hybridized carbons (Fsp3) is 1.00. The first-order valence-electron chi connectivity index (χ1n) is 3.89. The van der Waals surface area contributed by atoms with Gasteiger partial charge in [0.15, 0.2) is 0 Å². The van der Waals surface area contributed by atoms with Crippen molar-refractivity contribution in [2.45, 2.75) is 13.0 Å². The van der Waals surface area contributed by atoms with Gasteiger partial charge in [0.05, 0.1) is 12.7 Å². The Bertz CT molecular complexity index is 215. The summed E-state index contributed by atoms with van der Waals surface area (Å²) in [5, 5.41) is 8.81. The molecule has 80 valence electrons. The Kier molecular flexibility index (Phi) is 6.17. The first kappa shape index (κ1) is 12.8. The van der Waals surface area contributed by atoms with E-state index in [9.17, 15) is 8.42 Å². The predicted molar refractivity (Wildman–Crippen MR) is 48.5 cm³/mol. The van der Waals surface area contributed by atoms with Crippen LogP contribution in [0.2, 0.25) is 0 Å². The Labute approximate surface area is 78.5 Å². The summed E-state index contributed by atoms with van der Waals surface area (Å²) in [5.74, 6) is 0. The highest BCUT2D eigenvalue weighted by Gasteiger charge is 2.08. The lowest BCUT2D eigenvalue weighted by molar-refractivity contribution is 0.197. The van der Waals surface area contributed by atoms with E-state index >= 15 is 0 Å². The van der Waals surface area contributed by atoms with Crippen molar-refractivity contribution in [1.82, 2.24) is 9.44 Å². The molecule has 1 atom stereocenters. The van der Waals surface area contributed by atoms with Gasteiger partial charge in [0.25, 0.3) is 10.2 Å². The van der Waals surface area contributed by atoms with E-state index in [2.05, 4.69) is 14.2 Å². The molecule has 0 bridgehead atoms. The summed E-state index contributed by atoms with van der Waals surface area (Å²) in [6.07, 6.45) is -0.695. The van der Waals surface area contributed by atoms with E-state index in [0.717, 1.165) is 0 Å². The molecular formula is C6H16N2O4S. The highest BCUT2D eigenvalue weighted by atomic mass is 32.2. The summed E-state index contributed by atoms with van der Waals surface area (Å²) < 4.78 is 31.1. The Balaban J connectivity index is 3.68. The van der Waals surface area contributed by atoms with Crippen LogP contribution >= 0.6 is 0 Å². The van der Waals surface area contributed by atoms with Gasteiger partial charge < -0.3 is 9.84 Å². The molecule has 0 aromatic carbocycles. The minimum absolute atomic E-state index is 0.00230. The molecular weight excluding hydrogens is 196 g/mol. The fourth-order valence-electron chi connectivity index (χ4n) is 0.559. The molecule has 0 aromatic rings. The molecule has 7 heteroatoms. The molecule has 0 aliphatic rings. The Morgan fingerprint density at radius 1 is 1.46 bits per heavy atom. The number of aliphatic hydroxyl groups is 1. The zero-order chi connectivity index (χ0) is 10.3. The summed E-state index contributed by atoms with van der Waals surface area (Å²) >= 11 is 0. The SMILES string of the molecule is COCCNS(=O)(=O)NC[C@@H](C)O. The Hall–Kier alpha value is -0.210. The number of nitrogens with one attached hydrogen (secondary N) is 2. The lowest BCUT2D eigenvalue weighted by Crippen LogP contribution is -2.41. The zero-order valence-electron chi connectivity index (χ0n) is 7.78. The van der Waals surface area contributed by atoms with Gasteiger partial charge >= 0.3 is 0 Å². The quantitative estimate of drug-likeness (QED) is 0.445. The second-order valence-corrected chi connectivity index (χ2v) is 4.17. The topological polar surface area (TPSA) is 87.7 Å². The maximum Gasteiger partial charge on any atom is 0.277 e. The van der Waals surface area contributed by atoms with Crippen molar-refractivity contribution in [3.8, 4) is 0 Å². The minimum Gasteiger partial charge on any atom is -0.392 e. The average Bonchev–Trinajstić information content (AvgIpc) is 2.02. The van der Waals surface area contributed by atoms with Crippen LogP contribution in [0.3, 0.4) is 0 Å². The standard InChI is InChI=1S/C6H16N2O4S/c1-6(9)5-8-13(10,11)7-3-4-12-2/h6-9H,3-5H2,1-2H3/t6-/m1/s1. The third-order valence-corrected chi connectivity index (χ3v) is 2.30. The van der Waals surface area contributed by atoms with Gasteiger partial charge in [-0.15, -0.1) is 0 Å². The highest BCUT2D eigenvalue weighted by molar-refractivity contribution is 7.87. The van der Waals surface area contributed by atoms with E-state index in [1.807, 2.05) is 0 Å². The number of hydrogen-bond acceptors (Lipinski definition) is 4. The van der Waals surface area contributed by atoms with Crippen LogP contribution in [0.1, 0.15) is 6.92 Å². The molecule has 0 amide bonds. The van der Waals surface area contributed by atoms with Crippen LogP contribution in [0.15, 0.2) is 0 Å². The van der Waals surface area contributed by atoms with E-state index in [1.165, 1.54) is 14.0 Å². The average molecular weight is 212 g/mol. The summed E-state index contributed by atoms with van der Waals surface area (Å²) in [7, 11) is -2.01. The van der Waals surface area contributed by atoms with Gasteiger partial charge in [-0.1, -0.05) is 0 Å². The second kappa shape index (κ2) is 6.28. The molecule has 0 spiro atoms.